The summed E-state index contributed by atoms with van der Waals surface area (Å²) in [5.74, 6) is 0.346. The van der Waals surface area contributed by atoms with Crippen LogP contribution in [-0.4, -0.2) is 10.7 Å². The molecule has 1 aliphatic rings. The van der Waals surface area contributed by atoms with Crippen LogP contribution >= 0.6 is 0 Å². The molecule has 0 bridgehead atoms. The first kappa shape index (κ1) is 9.79. The summed E-state index contributed by atoms with van der Waals surface area (Å²) < 4.78 is 0. The van der Waals surface area contributed by atoms with Gasteiger partial charge in [0.05, 0.1) is 5.60 Å². The molecule has 2 atom stereocenters. The summed E-state index contributed by atoms with van der Waals surface area (Å²) in [4.78, 5) is 0. The molecule has 0 aromatic carbocycles. The Kier molecular flexibility index (Phi) is 2.35. The molecular weight excluding hydrogens is 148 g/mol. The Hall–Kier alpha value is -0.300. The lowest BCUT2D eigenvalue weighted by molar-refractivity contribution is -0.0938. The van der Waals surface area contributed by atoms with Crippen molar-refractivity contribution in [3.8, 4) is 0 Å². The zero-order valence-corrected chi connectivity index (χ0v) is 8.43. The second-order valence-corrected chi connectivity index (χ2v) is 4.71. The summed E-state index contributed by atoms with van der Waals surface area (Å²) in [6, 6.07) is 0. The standard InChI is InChI=1S/C11H20O/c1-5-11(12)9(2)7-6-8-10(11,3)4/h5,9,12H,1,6-8H2,2-4H3. The zero-order chi connectivity index (χ0) is 9.41. The van der Waals surface area contributed by atoms with Gasteiger partial charge in [-0.3, -0.25) is 0 Å². The SMILES string of the molecule is C=CC1(O)C(C)CCCC1(C)C. The van der Waals surface area contributed by atoms with Crippen LogP contribution in [0.5, 0.6) is 0 Å². The summed E-state index contributed by atoms with van der Waals surface area (Å²) in [7, 11) is 0. The molecule has 70 valence electrons. The molecule has 0 aromatic heterocycles. The molecule has 0 aromatic rings. The number of aliphatic hydroxyl groups is 1. The number of rotatable bonds is 1. The molecule has 0 radical (unpaired) electrons. The van der Waals surface area contributed by atoms with Crippen molar-refractivity contribution in [1.82, 2.24) is 0 Å². The van der Waals surface area contributed by atoms with Gasteiger partial charge in [0, 0.05) is 0 Å². The van der Waals surface area contributed by atoms with E-state index in [1.54, 1.807) is 6.08 Å². The molecule has 1 saturated carbocycles. The van der Waals surface area contributed by atoms with E-state index in [-0.39, 0.29) is 5.41 Å². The first-order valence-electron chi connectivity index (χ1n) is 4.80. The van der Waals surface area contributed by atoms with E-state index in [0.717, 1.165) is 12.8 Å². The second-order valence-electron chi connectivity index (χ2n) is 4.71. The van der Waals surface area contributed by atoms with Gasteiger partial charge in [0.25, 0.3) is 0 Å². The van der Waals surface area contributed by atoms with Gasteiger partial charge in [-0.2, -0.15) is 0 Å². The third kappa shape index (κ3) is 1.20. The van der Waals surface area contributed by atoms with Crippen molar-refractivity contribution >= 4 is 0 Å². The van der Waals surface area contributed by atoms with E-state index in [4.69, 9.17) is 0 Å². The van der Waals surface area contributed by atoms with Crippen molar-refractivity contribution in [2.75, 3.05) is 0 Å². The Morgan fingerprint density at radius 2 is 2.08 bits per heavy atom. The Bertz CT molecular complexity index is 183. The molecule has 0 amide bonds. The van der Waals surface area contributed by atoms with E-state index in [2.05, 4.69) is 27.4 Å². The Morgan fingerprint density at radius 3 is 2.42 bits per heavy atom. The molecule has 1 N–H and O–H groups in total. The van der Waals surface area contributed by atoms with Crippen molar-refractivity contribution in [2.24, 2.45) is 11.3 Å². The van der Waals surface area contributed by atoms with Crippen LogP contribution in [-0.2, 0) is 0 Å². The van der Waals surface area contributed by atoms with Crippen molar-refractivity contribution in [3.63, 3.8) is 0 Å². The predicted molar refractivity (Wildman–Crippen MR) is 51.9 cm³/mol. The third-order valence-electron chi connectivity index (χ3n) is 3.59. The Morgan fingerprint density at radius 1 is 1.50 bits per heavy atom. The minimum Gasteiger partial charge on any atom is -0.385 e. The molecule has 0 heterocycles. The minimum absolute atomic E-state index is 0.00752. The summed E-state index contributed by atoms with van der Waals surface area (Å²) in [5, 5.41) is 10.4. The van der Waals surface area contributed by atoms with Gasteiger partial charge in [-0.05, 0) is 24.2 Å². The molecular formula is C11H20O. The first-order chi connectivity index (χ1) is 5.44. The summed E-state index contributed by atoms with van der Waals surface area (Å²) in [6.45, 7) is 10.1. The van der Waals surface area contributed by atoms with Gasteiger partial charge in [0.1, 0.15) is 0 Å². The van der Waals surface area contributed by atoms with E-state index >= 15 is 0 Å². The molecule has 1 aliphatic carbocycles. The maximum absolute atomic E-state index is 10.4. The second kappa shape index (κ2) is 2.88. The maximum atomic E-state index is 10.4. The fourth-order valence-corrected chi connectivity index (χ4v) is 2.41. The molecule has 0 spiro atoms. The van der Waals surface area contributed by atoms with Gasteiger partial charge < -0.3 is 5.11 Å². The first-order valence-corrected chi connectivity index (χ1v) is 4.80. The van der Waals surface area contributed by atoms with Crippen LogP contribution < -0.4 is 0 Å². The lowest BCUT2D eigenvalue weighted by atomic mass is 9.61. The average Bonchev–Trinajstić information content (AvgIpc) is 2.00. The topological polar surface area (TPSA) is 20.2 Å². The Labute approximate surface area is 75.5 Å². The molecule has 1 fully saturated rings. The fourth-order valence-electron chi connectivity index (χ4n) is 2.41. The van der Waals surface area contributed by atoms with E-state index in [1.165, 1.54) is 6.42 Å². The van der Waals surface area contributed by atoms with Crippen molar-refractivity contribution < 1.29 is 5.11 Å². The maximum Gasteiger partial charge on any atom is 0.0901 e. The zero-order valence-electron chi connectivity index (χ0n) is 8.43. The van der Waals surface area contributed by atoms with Gasteiger partial charge in [0.2, 0.25) is 0 Å². The van der Waals surface area contributed by atoms with E-state index in [9.17, 15) is 5.11 Å². The highest BCUT2D eigenvalue weighted by atomic mass is 16.3. The van der Waals surface area contributed by atoms with Gasteiger partial charge in [-0.1, -0.05) is 33.3 Å². The van der Waals surface area contributed by atoms with Gasteiger partial charge in [0.15, 0.2) is 0 Å². The van der Waals surface area contributed by atoms with Crippen LogP contribution in [0, 0.1) is 11.3 Å². The quantitative estimate of drug-likeness (QED) is 0.597. The number of hydrogen-bond acceptors (Lipinski definition) is 1. The summed E-state index contributed by atoms with van der Waals surface area (Å²) in [5.41, 5.74) is -0.669. The van der Waals surface area contributed by atoms with Gasteiger partial charge >= 0.3 is 0 Å². The normalized spacial score (nSPS) is 40.8. The van der Waals surface area contributed by atoms with Crippen molar-refractivity contribution in [3.05, 3.63) is 12.7 Å². The van der Waals surface area contributed by atoms with Crippen LogP contribution in [0.3, 0.4) is 0 Å². The molecule has 2 unspecified atom stereocenters. The van der Waals surface area contributed by atoms with Crippen LogP contribution in [0.15, 0.2) is 12.7 Å². The van der Waals surface area contributed by atoms with Crippen LogP contribution in [0.1, 0.15) is 40.0 Å². The third-order valence-corrected chi connectivity index (χ3v) is 3.59. The minimum atomic E-state index is -0.661. The van der Waals surface area contributed by atoms with Gasteiger partial charge in [-0.25, -0.2) is 0 Å². The smallest absolute Gasteiger partial charge is 0.0901 e. The highest BCUT2D eigenvalue weighted by Crippen LogP contribution is 2.47. The summed E-state index contributed by atoms with van der Waals surface area (Å²) >= 11 is 0. The molecule has 0 saturated heterocycles. The fraction of sp³-hybridized carbons (Fsp3) is 0.818. The van der Waals surface area contributed by atoms with Gasteiger partial charge in [-0.15, -0.1) is 6.58 Å². The molecule has 1 nitrogen and oxygen atoms in total. The predicted octanol–water partition coefficient (Wildman–Crippen LogP) is 2.75. The monoisotopic (exact) mass is 168 g/mol. The molecule has 12 heavy (non-hydrogen) atoms. The van der Waals surface area contributed by atoms with E-state index in [1.807, 2.05) is 0 Å². The number of hydrogen-bond donors (Lipinski definition) is 1. The van der Waals surface area contributed by atoms with Crippen LogP contribution in [0.2, 0.25) is 0 Å². The Balaban J connectivity index is 2.95. The highest BCUT2D eigenvalue weighted by molar-refractivity contribution is 5.10. The molecule has 1 rings (SSSR count). The molecule has 1 heteroatoms. The van der Waals surface area contributed by atoms with Crippen molar-refractivity contribution in [2.45, 2.75) is 45.6 Å². The lowest BCUT2D eigenvalue weighted by Gasteiger charge is -2.48. The average molecular weight is 168 g/mol. The highest BCUT2D eigenvalue weighted by Gasteiger charge is 2.47. The van der Waals surface area contributed by atoms with Crippen LogP contribution in [0.4, 0.5) is 0 Å². The summed E-state index contributed by atoms with van der Waals surface area (Å²) in [6.07, 6.45) is 5.17. The molecule has 0 aliphatic heterocycles. The van der Waals surface area contributed by atoms with E-state index < -0.39 is 5.60 Å². The van der Waals surface area contributed by atoms with E-state index in [0.29, 0.717) is 5.92 Å². The lowest BCUT2D eigenvalue weighted by Crippen LogP contribution is -2.50. The largest absolute Gasteiger partial charge is 0.385 e. The van der Waals surface area contributed by atoms with Crippen molar-refractivity contribution in [1.29, 1.82) is 0 Å². The van der Waals surface area contributed by atoms with Crippen LogP contribution in [0.25, 0.3) is 0 Å².